The molecule has 5 heteroatoms. The fraction of sp³-hybridized carbons (Fsp3) is 0.381. The smallest absolute Gasteiger partial charge is 0.161 e. The molecule has 3 nitrogen and oxygen atoms in total. The number of ketones is 1. The number of aromatic nitrogens is 1. The molecule has 0 amide bonds. The van der Waals surface area contributed by atoms with Crippen molar-refractivity contribution >= 4 is 48.1 Å². The van der Waals surface area contributed by atoms with E-state index in [1.54, 1.807) is 0 Å². The quantitative estimate of drug-likeness (QED) is 0.0830. The molecule has 0 unspecified atom stereocenters. The van der Waals surface area contributed by atoms with Gasteiger partial charge in [0.15, 0.2) is 5.78 Å². The molecule has 5 aromatic rings. The molecule has 0 aliphatic carbocycles. The predicted molar refractivity (Wildman–Crippen MR) is 200 cm³/mol. The monoisotopic (exact) mass is 827 g/mol. The summed E-state index contributed by atoms with van der Waals surface area (Å²) in [5.41, 5.74) is 7.87. The molecule has 0 aliphatic heterocycles. The number of fused-ring (bicyclic) bond motifs is 4. The number of carbonyl (C=O) groups excluding carboxylic acids is 1. The van der Waals surface area contributed by atoms with Crippen LogP contribution in [0, 0.1) is 38.1 Å². The summed E-state index contributed by atoms with van der Waals surface area (Å²) in [4.78, 5) is 11.0. The molecule has 0 bridgehead atoms. The van der Waals surface area contributed by atoms with Gasteiger partial charge in [-0.1, -0.05) is 111 Å². The first-order chi connectivity index (χ1) is 21.3. The van der Waals surface area contributed by atoms with Gasteiger partial charge in [0.1, 0.15) is 0 Å². The molecule has 0 saturated carbocycles. The number of benzene rings is 3. The number of pyridine rings is 1. The van der Waals surface area contributed by atoms with Crippen molar-refractivity contribution in [2.45, 2.75) is 88.0 Å². The third-order valence-electron chi connectivity index (χ3n) is 8.57. The van der Waals surface area contributed by atoms with E-state index in [1.807, 2.05) is 43.6 Å². The van der Waals surface area contributed by atoms with Gasteiger partial charge in [0, 0.05) is 54.5 Å². The van der Waals surface area contributed by atoms with Gasteiger partial charge in [-0.2, -0.15) is 12.5 Å². The molecule has 2 aromatic heterocycles. The molecular weight excluding hydrogens is 775 g/mol. The van der Waals surface area contributed by atoms with Gasteiger partial charge in [-0.15, -0.1) is 34.4 Å². The van der Waals surface area contributed by atoms with E-state index in [1.165, 1.54) is 59.3 Å². The zero-order valence-corrected chi connectivity index (χ0v) is 33.3. The predicted octanol–water partition coefficient (Wildman–Crippen LogP) is 11.5. The van der Waals surface area contributed by atoms with Gasteiger partial charge in [0.25, 0.3) is 0 Å². The number of allylic oxidation sites excluding steroid dienone is 2. The second-order valence-corrected chi connectivity index (χ2v) is 16.5. The van der Waals surface area contributed by atoms with Gasteiger partial charge >= 0.3 is 0 Å². The second-order valence-electron chi connectivity index (χ2n) is 15.5. The molecule has 0 spiro atoms. The fourth-order valence-electron chi connectivity index (χ4n) is 5.85. The van der Waals surface area contributed by atoms with Crippen LogP contribution in [0.1, 0.15) is 91.5 Å². The Labute approximate surface area is 300 Å². The number of aliphatic hydroxyl groups is 1. The zero-order valence-electron chi connectivity index (χ0n) is 30.1. The van der Waals surface area contributed by atoms with E-state index in [0.29, 0.717) is 0 Å². The van der Waals surface area contributed by atoms with Crippen LogP contribution in [0.25, 0.3) is 42.2 Å². The number of aliphatic hydroxyl groups excluding tert-OH is 1. The number of nitrogens with zero attached hydrogens (tertiary/aromatic N) is 1. The maximum Gasteiger partial charge on any atom is 0.161 e. The Morgan fingerprint density at radius 3 is 2.04 bits per heavy atom. The van der Waals surface area contributed by atoms with Gasteiger partial charge < -0.3 is 9.67 Å². The molecule has 2 heterocycles. The summed E-state index contributed by atoms with van der Waals surface area (Å²) in [6.45, 7) is 28.0. The van der Waals surface area contributed by atoms with Crippen LogP contribution in [0.15, 0.2) is 66.6 Å². The van der Waals surface area contributed by atoms with E-state index in [9.17, 15) is 9.90 Å². The number of rotatable bonds is 5. The topological polar surface area (TPSA) is 41.2 Å². The van der Waals surface area contributed by atoms with Gasteiger partial charge in [0.05, 0.1) is 17.6 Å². The zero-order chi connectivity index (χ0) is 34.3. The van der Waals surface area contributed by atoms with Crippen molar-refractivity contribution in [3.8, 4) is 11.3 Å². The van der Waals surface area contributed by atoms with Crippen molar-refractivity contribution in [1.29, 1.82) is 0 Å². The standard InChI is InChI=1S/C33H36NS.C9H16O2.Ir/c1-20-22(19-32(3,4)5)14-15-25-26-16-17-34(9)29(31(26)35-30(20)25)27-18-28(33(6,7)8)24-13-11-10-12-23(24)21(27)2;1-6(2)8(10)5-9(11)7(3)4;/h10-18H,2,9,19H2,1,3-8H3;5-7,10H,1-4H3;/q-1;;/b;8-5-;. The number of hydrogen-bond acceptors (Lipinski definition) is 3. The van der Waals surface area contributed by atoms with E-state index in [0.717, 1.165) is 17.7 Å². The van der Waals surface area contributed by atoms with Crippen molar-refractivity contribution in [3.05, 3.63) is 103 Å². The van der Waals surface area contributed by atoms with Crippen LogP contribution in [0.5, 0.6) is 0 Å². The first-order valence-corrected chi connectivity index (χ1v) is 17.2. The van der Waals surface area contributed by atoms with Crippen LogP contribution in [-0.4, -0.2) is 10.9 Å². The largest absolute Gasteiger partial charge is 0.512 e. The third-order valence-corrected chi connectivity index (χ3v) is 9.92. The fourth-order valence-corrected chi connectivity index (χ4v) is 7.24. The van der Waals surface area contributed by atoms with E-state index in [2.05, 4.69) is 117 Å². The number of thiophene rings is 1. The van der Waals surface area contributed by atoms with Gasteiger partial charge in [0.2, 0.25) is 0 Å². The summed E-state index contributed by atoms with van der Waals surface area (Å²) in [6.07, 6.45) is 4.50. The average molecular weight is 827 g/mol. The molecular formula is C42H52IrNO2S-. The van der Waals surface area contributed by atoms with E-state index in [4.69, 9.17) is 0 Å². The van der Waals surface area contributed by atoms with E-state index >= 15 is 0 Å². The molecule has 0 saturated heterocycles. The van der Waals surface area contributed by atoms with Crippen molar-refractivity contribution in [2.24, 2.45) is 17.3 Å². The Morgan fingerprint density at radius 1 is 0.894 bits per heavy atom. The summed E-state index contributed by atoms with van der Waals surface area (Å²) in [6, 6.07) is 17.9. The Hall–Kier alpha value is -3.11. The summed E-state index contributed by atoms with van der Waals surface area (Å²) in [7, 11) is 4.41. The van der Waals surface area contributed by atoms with Crippen LogP contribution in [0.3, 0.4) is 0 Å². The van der Waals surface area contributed by atoms with Crippen LogP contribution < -0.4 is 4.57 Å². The number of carbonyl (C=O) groups is 1. The Balaban J connectivity index is 0.000000432. The Bertz CT molecular complexity index is 1950. The summed E-state index contributed by atoms with van der Waals surface area (Å²) in [5, 5.41) is 14.3. The summed E-state index contributed by atoms with van der Waals surface area (Å²) < 4.78 is 4.71. The molecule has 3 aromatic carbocycles. The van der Waals surface area contributed by atoms with Crippen LogP contribution in [0.4, 0.5) is 0 Å². The first-order valence-electron chi connectivity index (χ1n) is 16.3. The van der Waals surface area contributed by atoms with Crippen LogP contribution >= 0.6 is 11.3 Å². The normalized spacial score (nSPS) is 12.5. The van der Waals surface area contributed by atoms with Gasteiger partial charge in [-0.3, -0.25) is 4.79 Å². The van der Waals surface area contributed by atoms with Gasteiger partial charge in [-0.25, -0.2) is 0 Å². The van der Waals surface area contributed by atoms with E-state index < -0.39 is 0 Å². The molecule has 5 rings (SSSR count). The summed E-state index contributed by atoms with van der Waals surface area (Å²) in [5.74, 6) is 0.161. The minimum absolute atomic E-state index is 0. The van der Waals surface area contributed by atoms with Crippen LogP contribution in [-0.2, 0) is 36.7 Å². The molecule has 253 valence electrons. The Morgan fingerprint density at radius 2 is 1.49 bits per heavy atom. The number of aryl methyl sites for hydroxylation is 1. The van der Waals surface area contributed by atoms with Crippen molar-refractivity contribution in [2.75, 3.05) is 0 Å². The second kappa shape index (κ2) is 14.6. The number of hydrogen-bond donors (Lipinski definition) is 1. The minimum Gasteiger partial charge on any atom is -0.512 e. The summed E-state index contributed by atoms with van der Waals surface area (Å²) >= 11 is 1.90. The molecule has 0 atom stereocenters. The Kier molecular flexibility index (Phi) is 11.9. The van der Waals surface area contributed by atoms with Gasteiger partial charge in [-0.05, 0) is 52.1 Å². The average Bonchev–Trinajstić information content (AvgIpc) is 3.33. The molecule has 0 aliphatic rings. The van der Waals surface area contributed by atoms with Crippen molar-refractivity contribution in [1.82, 2.24) is 0 Å². The maximum absolute atomic E-state index is 11.0. The molecule has 1 radical (unpaired) electrons. The van der Waals surface area contributed by atoms with Crippen molar-refractivity contribution < 1.29 is 34.6 Å². The first kappa shape index (κ1) is 38.3. The molecule has 0 fully saturated rings. The van der Waals surface area contributed by atoms with Crippen LogP contribution in [0.2, 0.25) is 0 Å². The maximum atomic E-state index is 11.0. The third kappa shape index (κ3) is 8.31. The molecule has 47 heavy (non-hydrogen) atoms. The van der Waals surface area contributed by atoms with E-state index in [-0.39, 0.29) is 54.3 Å². The minimum atomic E-state index is -0.0316. The molecule has 1 N–H and O–H groups in total. The SMILES string of the molecule is CC(C)C(=O)/C=C(\O)C(C)C.[CH2-]c1c(-c2c3sc4c(C)c(CC(C)(C)C)ccc4c3cc[n+]2[CH2-])cc(C(C)(C)C)c2ccccc12.[Ir]. The van der Waals surface area contributed by atoms with Crippen molar-refractivity contribution in [3.63, 3.8) is 0 Å².